The lowest BCUT2D eigenvalue weighted by atomic mass is 10.0. The molecule has 0 saturated carbocycles. The third-order valence-corrected chi connectivity index (χ3v) is 3.72. The average Bonchev–Trinajstić information content (AvgIpc) is 2.50. The summed E-state index contributed by atoms with van der Waals surface area (Å²) in [6.45, 7) is 8.36. The predicted octanol–water partition coefficient (Wildman–Crippen LogP) is 5.12. The monoisotopic (exact) mass is 334 g/mol. The van der Waals surface area contributed by atoms with Gasteiger partial charge in [0.25, 0.3) is 0 Å². The lowest BCUT2D eigenvalue weighted by molar-refractivity contribution is 0.0497. The van der Waals surface area contributed by atoms with E-state index in [1.807, 2.05) is 20.8 Å². The molecule has 24 heavy (non-hydrogen) atoms. The maximum absolute atomic E-state index is 11.5. The molecule has 1 amide bonds. The number of carbonyl (C=O) groups excluding carboxylic acids is 1. The van der Waals surface area contributed by atoms with E-state index in [0.29, 0.717) is 6.54 Å². The average molecular weight is 335 g/mol. The van der Waals surface area contributed by atoms with E-state index in [4.69, 9.17) is 4.74 Å². The van der Waals surface area contributed by atoms with Crippen molar-refractivity contribution in [3.63, 3.8) is 0 Å². The summed E-state index contributed by atoms with van der Waals surface area (Å²) < 4.78 is 5.16. The van der Waals surface area contributed by atoms with Crippen molar-refractivity contribution in [1.29, 1.82) is 0 Å². The van der Waals surface area contributed by atoms with E-state index in [1.165, 1.54) is 44.1 Å². The summed E-state index contributed by atoms with van der Waals surface area (Å²) >= 11 is 0. The second kappa shape index (κ2) is 11.1. The number of ether oxygens (including phenoxy) is 1. The topological polar surface area (TPSA) is 50.4 Å². The Hall–Kier alpha value is -1.55. The van der Waals surface area contributed by atoms with Gasteiger partial charge in [-0.25, -0.2) is 10.2 Å². The van der Waals surface area contributed by atoms with Crippen LogP contribution in [0, 0.1) is 0 Å². The summed E-state index contributed by atoms with van der Waals surface area (Å²) in [6.07, 6.45) is 8.66. The molecule has 0 aliphatic heterocycles. The first-order chi connectivity index (χ1) is 11.4. The van der Waals surface area contributed by atoms with Crippen LogP contribution in [0.5, 0.6) is 0 Å². The molecule has 136 valence electrons. The van der Waals surface area contributed by atoms with Crippen LogP contribution in [-0.4, -0.2) is 11.7 Å². The van der Waals surface area contributed by atoms with Crippen molar-refractivity contribution in [3.8, 4) is 0 Å². The first-order valence-corrected chi connectivity index (χ1v) is 9.20. The van der Waals surface area contributed by atoms with Gasteiger partial charge in [0.2, 0.25) is 0 Å². The normalized spacial score (nSPS) is 11.3. The number of unbranched alkanes of at least 4 members (excludes halogenated alkanes) is 5. The number of aryl methyl sites for hydroxylation is 1. The third kappa shape index (κ3) is 10.3. The molecule has 0 heterocycles. The zero-order valence-electron chi connectivity index (χ0n) is 15.8. The maximum atomic E-state index is 11.5. The molecule has 0 saturated heterocycles. The van der Waals surface area contributed by atoms with E-state index in [2.05, 4.69) is 42.0 Å². The summed E-state index contributed by atoms with van der Waals surface area (Å²) in [7, 11) is 0. The van der Waals surface area contributed by atoms with Gasteiger partial charge in [-0.15, -0.1) is 0 Å². The number of hydrogen-bond donors (Lipinski definition) is 2. The molecular formula is C20H34N2O2. The van der Waals surface area contributed by atoms with E-state index in [9.17, 15) is 4.79 Å². The smallest absolute Gasteiger partial charge is 0.422 e. The first-order valence-electron chi connectivity index (χ1n) is 9.20. The van der Waals surface area contributed by atoms with E-state index in [-0.39, 0.29) is 0 Å². The molecule has 0 atom stereocenters. The summed E-state index contributed by atoms with van der Waals surface area (Å²) in [6, 6.07) is 8.57. The van der Waals surface area contributed by atoms with E-state index in [0.717, 1.165) is 12.0 Å². The van der Waals surface area contributed by atoms with Gasteiger partial charge in [-0.1, -0.05) is 63.3 Å². The van der Waals surface area contributed by atoms with E-state index >= 15 is 0 Å². The van der Waals surface area contributed by atoms with Crippen molar-refractivity contribution in [2.24, 2.45) is 0 Å². The van der Waals surface area contributed by atoms with E-state index < -0.39 is 11.7 Å². The van der Waals surface area contributed by atoms with Crippen LogP contribution in [-0.2, 0) is 17.7 Å². The Morgan fingerprint density at radius 3 is 2.17 bits per heavy atom. The van der Waals surface area contributed by atoms with Crippen molar-refractivity contribution in [3.05, 3.63) is 35.4 Å². The largest absolute Gasteiger partial charge is 0.443 e. The van der Waals surface area contributed by atoms with Crippen LogP contribution in [0.1, 0.15) is 77.3 Å². The van der Waals surface area contributed by atoms with Gasteiger partial charge in [0, 0.05) is 6.54 Å². The second-order valence-corrected chi connectivity index (χ2v) is 7.31. The molecule has 2 N–H and O–H groups in total. The number of nitrogens with one attached hydrogen (secondary N) is 2. The molecule has 0 aliphatic carbocycles. The SMILES string of the molecule is CCCCCCCCc1ccc(CNNC(=O)OC(C)(C)C)cc1. The number of hydrogen-bond acceptors (Lipinski definition) is 3. The van der Waals surface area contributed by atoms with Gasteiger partial charge in [-0.3, -0.25) is 5.43 Å². The minimum absolute atomic E-state index is 0.456. The predicted molar refractivity (Wildman–Crippen MR) is 99.7 cm³/mol. The number of rotatable bonds is 10. The van der Waals surface area contributed by atoms with E-state index in [1.54, 1.807) is 0 Å². The van der Waals surface area contributed by atoms with Gasteiger partial charge < -0.3 is 4.74 Å². The zero-order chi connectivity index (χ0) is 17.8. The third-order valence-electron chi connectivity index (χ3n) is 3.72. The first kappa shape index (κ1) is 20.5. The highest BCUT2D eigenvalue weighted by atomic mass is 16.6. The molecule has 1 aromatic rings. The van der Waals surface area contributed by atoms with Crippen molar-refractivity contribution < 1.29 is 9.53 Å². The van der Waals surface area contributed by atoms with Crippen molar-refractivity contribution >= 4 is 6.09 Å². The number of benzene rings is 1. The van der Waals surface area contributed by atoms with Gasteiger partial charge in [-0.2, -0.15) is 0 Å². The van der Waals surface area contributed by atoms with Crippen LogP contribution in [0.2, 0.25) is 0 Å². The van der Waals surface area contributed by atoms with Crippen molar-refractivity contribution in [1.82, 2.24) is 10.9 Å². The fourth-order valence-electron chi connectivity index (χ4n) is 2.46. The molecule has 0 bridgehead atoms. The van der Waals surface area contributed by atoms with Crippen LogP contribution in [0.25, 0.3) is 0 Å². The maximum Gasteiger partial charge on any atom is 0.422 e. The summed E-state index contributed by atoms with van der Waals surface area (Å²) in [5, 5.41) is 0. The van der Waals surface area contributed by atoms with Gasteiger partial charge in [0.05, 0.1) is 0 Å². The summed E-state index contributed by atoms with van der Waals surface area (Å²) in [5.41, 5.74) is 7.48. The number of amides is 1. The van der Waals surface area contributed by atoms with Crippen LogP contribution in [0.4, 0.5) is 4.79 Å². The molecular weight excluding hydrogens is 300 g/mol. The highest BCUT2D eigenvalue weighted by Crippen LogP contribution is 2.11. The molecule has 4 heteroatoms. The van der Waals surface area contributed by atoms with Gasteiger partial charge in [0.15, 0.2) is 0 Å². The van der Waals surface area contributed by atoms with Gasteiger partial charge in [0.1, 0.15) is 5.60 Å². The Morgan fingerprint density at radius 2 is 1.54 bits per heavy atom. The molecule has 0 radical (unpaired) electrons. The van der Waals surface area contributed by atoms with Crippen LogP contribution < -0.4 is 10.9 Å². The Labute approximate surface area is 147 Å². The highest BCUT2D eigenvalue weighted by Gasteiger charge is 2.15. The standard InChI is InChI=1S/C20H34N2O2/c1-5-6-7-8-9-10-11-17-12-14-18(15-13-17)16-21-22-19(23)24-20(2,3)4/h12-15,21H,5-11,16H2,1-4H3,(H,22,23). The van der Waals surface area contributed by atoms with Crippen LogP contribution in [0.15, 0.2) is 24.3 Å². The fourth-order valence-corrected chi connectivity index (χ4v) is 2.46. The molecule has 1 rings (SSSR count). The molecule has 0 fully saturated rings. The van der Waals surface area contributed by atoms with Crippen LogP contribution in [0.3, 0.4) is 0 Å². The van der Waals surface area contributed by atoms with Gasteiger partial charge in [-0.05, 0) is 44.7 Å². The molecule has 0 aromatic heterocycles. The molecule has 0 unspecified atom stereocenters. The Bertz CT molecular complexity index is 464. The van der Waals surface area contributed by atoms with Gasteiger partial charge >= 0.3 is 6.09 Å². The van der Waals surface area contributed by atoms with Crippen molar-refractivity contribution in [2.45, 2.75) is 84.8 Å². The molecule has 0 aliphatic rings. The second-order valence-electron chi connectivity index (χ2n) is 7.31. The Balaban J connectivity index is 2.19. The quantitative estimate of drug-likeness (QED) is 0.461. The summed E-state index contributed by atoms with van der Waals surface area (Å²) in [4.78, 5) is 11.5. The molecule has 0 spiro atoms. The zero-order valence-corrected chi connectivity index (χ0v) is 15.8. The fraction of sp³-hybridized carbons (Fsp3) is 0.650. The summed E-state index contributed by atoms with van der Waals surface area (Å²) in [5.74, 6) is 0. The highest BCUT2D eigenvalue weighted by molar-refractivity contribution is 5.66. The minimum Gasteiger partial charge on any atom is -0.443 e. The number of hydrazine groups is 1. The molecule has 1 aromatic carbocycles. The number of carbonyl (C=O) groups is 1. The van der Waals surface area contributed by atoms with Crippen LogP contribution >= 0.6 is 0 Å². The molecule has 4 nitrogen and oxygen atoms in total. The minimum atomic E-state index is -0.482. The van der Waals surface area contributed by atoms with Crippen molar-refractivity contribution in [2.75, 3.05) is 0 Å². The lowest BCUT2D eigenvalue weighted by Gasteiger charge is -2.19. The Kier molecular flexibility index (Phi) is 9.46. The Morgan fingerprint density at radius 1 is 0.958 bits per heavy atom. The lowest BCUT2D eigenvalue weighted by Crippen LogP contribution is -2.40.